The Morgan fingerprint density at radius 3 is 2.73 bits per heavy atom. The largest absolute Gasteiger partial charge is 0.474 e. The summed E-state index contributed by atoms with van der Waals surface area (Å²) < 4.78 is 6.11. The van der Waals surface area contributed by atoms with Crippen LogP contribution in [-0.2, 0) is 6.54 Å². The van der Waals surface area contributed by atoms with Crippen LogP contribution in [0, 0.1) is 5.92 Å². The molecule has 0 saturated heterocycles. The molecule has 0 radical (unpaired) electrons. The monoisotopic (exact) mass is 422 g/mol. The second-order valence-corrected chi connectivity index (χ2v) is 8.86. The Hall–Kier alpha value is -2.37. The van der Waals surface area contributed by atoms with Gasteiger partial charge in [0.15, 0.2) is 0 Å². The van der Waals surface area contributed by atoms with Gasteiger partial charge < -0.3 is 9.64 Å². The molecule has 6 heteroatoms. The number of pyridine rings is 1. The molecule has 2 aromatic rings. The smallest absolute Gasteiger partial charge is 0.213 e. The quantitative estimate of drug-likeness (QED) is 0.703. The molecule has 1 saturated carbocycles. The van der Waals surface area contributed by atoms with Crippen LogP contribution in [0.2, 0.25) is 5.02 Å². The molecule has 1 fully saturated rings. The summed E-state index contributed by atoms with van der Waals surface area (Å²) in [5.74, 6) is 2.39. The van der Waals surface area contributed by atoms with Gasteiger partial charge in [0.05, 0.1) is 18.8 Å². The van der Waals surface area contributed by atoms with Gasteiger partial charge in [0.1, 0.15) is 11.9 Å². The van der Waals surface area contributed by atoms with Crippen molar-refractivity contribution in [2.45, 2.75) is 38.3 Å². The predicted octanol–water partition coefficient (Wildman–Crippen LogP) is 4.92. The number of aliphatic imine (C=N–C) groups is 1. The van der Waals surface area contributed by atoms with Crippen molar-refractivity contribution in [1.82, 2.24) is 9.88 Å². The van der Waals surface area contributed by atoms with Crippen molar-refractivity contribution in [3.63, 3.8) is 0 Å². The Kier molecular flexibility index (Phi) is 5.48. The molecule has 5 nitrogen and oxygen atoms in total. The number of allylic oxidation sites excluding steroid dienone is 1. The molecule has 1 aromatic carbocycles. The normalized spacial score (nSPS) is 24.3. The molecule has 1 aromatic heterocycles. The number of aromatic nitrogens is 1. The molecule has 0 N–H and O–H groups in total. The lowest BCUT2D eigenvalue weighted by Gasteiger charge is -2.38. The van der Waals surface area contributed by atoms with E-state index in [1.807, 2.05) is 24.3 Å². The van der Waals surface area contributed by atoms with Crippen LogP contribution in [0.4, 0.5) is 5.69 Å². The molecule has 2 aliphatic heterocycles. The number of likely N-dealkylation sites (N-methyl/N-ethyl adjacent to an activating group) is 1. The highest BCUT2D eigenvalue weighted by atomic mass is 35.5. The zero-order valence-electron chi connectivity index (χ0n) is 17.3. The molecule has 3 heterocycles. The molecular formula is C24H27ClN4O. The highest BCUT2D eigenvalue weighted by Crippen LogP contribution is 2.39. The first-order valence-electron chi connectivity index (χ1n) is 10.8. The number of amidine groups is 1. The number of benzene rings is 1. The lowest BCUT2D eigenvalue weighted by atomic mass is 9.84. The maximum absolute atomic E-state index is 6.32. The first-order chi connectivity index (χ1) is 14.7. The maximum atomic E-state index is 6.32. The zero-order chi connectivity index (χ0) is 20.5. The lowest BCUT2D eigenvalue weighted by molar-refractivity contribution is 0.133. The summed E-state index contributed by atoms with van der Waals surface area (Å²) in [5, 5.41) is 0.789. The third-order valence-corrected chi connectivity index (χ3v) is 6.48. The molecule has 3 aliphatic rings. The fourth-order valence-electron chi connectivity index (χ4n) is 4.85. The maximum Gasteiger partial charge on any atom is 0.213 e. The van der Waals surface area contributed by atoms with Gasteiger partial charge in [0.2, 0.25) is 5.88 Å². The first kappa shape index (κ1) is 19.6. The molecule has 0 spiro atoms. The van der Waals surface area contributed by atoms with E-state index < -0.39 is 0 Å². The van der Waals surface area contributed by atoms with Crippen LogP contribution in [0.15, 0.2) is 59.4 Å². The van der Waals surface area contributed by atoms with Gasteiger partial charge in [-0.3, -0.25) is 9.89 Å². The van der Waals surface area contributed by atoms with Crippen molar-refractivity contribution < 1.29 is 4.74 Å². The van der Waals surface area contributed by atoms with E-state index in [2.05, 4.69) is 40.0 Å². The molecule has 5 rings (SSSR count). The Labute approximate surface area is 183 Å². The fourth-order valence-corrected chi connectivity index (χ4v) is 5.05. The molecular weight excluding hydrogens is 396 g/mol. The third kappa shape index (κ3) is 3.96. The van der Waals surface area contributed by atoms with Crippen LogP contribution in [0.5, 0.6) is 5.88 Å². The van der Waals surface area contributed by atoms with Crippen LogP contribution in [-0.4, -0.2) is 42.0 Å². The highest BCUT2D eigenvalue weighted by molar-refractivity contribution is 6.30. The van der Waals surface area contributed by atoms with Gasteiger partial charge in [-0.25, -0.2) is 4.98 Å². The summed E-state index contributed by atoms with van der Waals surface area (Å²) in [6.07, 6.45) is 8.68. The molecule has 30 heavy (non-hydrogen) atoms. The number of anilines is 1. The Morgan fingerprint density at radius 2 is 1.93 bits per heavy atom. The highest BCUT2D eigenvalue weighted by Gasteiger charge is 2.34. The van der Waals surface area contributed by atoms with E-state index in [0.29, 0.717) is 5.92 Å². The van der Waals surface area contributed by atoms with E-state index in [9.17, 15) is 0 Å². The minimum Gasteiger partial charge on any atom is -0.474 e. The zero-order valence-corrected chi connectivity index (χ0v) is 18.1. The van der Waals surface area contributed by atoms with E-state index in [1.54, 1.807) is 6.20 Å². The van der Waals surface area contributed by atoms with Crippen molar-refractivity contribution in [3.8, 4) is 5.88 Å². The number of hydrogen-bond acceptors (Lipinski definition) is 5. The van der Waals surface area contributed by atoms with Gasteiger partial charge in [0, 0.05) is 29.5 Å². The topological polar surface area (TPSA) is 41.0 Å². The summed E-state index contributed by atoms with van der Waals surface area (Å²) in [4.78, 5) is 13.9. The number of halogens is 1. The summed E-state index contributed by atoms with van der Waals surface area (Å²) in [5.41, 5.74) is 3.88. The number of ether oxygens (including phenoxy) is 1. The van der Waals surface area contributed by atoms with E-state index in [-0.39, 0.29) is 6.10 Å². The second kappa shape index (κ2) is 8.40. The summed E-state index contributed by atoms with van der Waals surface area (Å²) in [6, 6.07) is 12.1. The third-order valence-electron chi connectivity index (χ3n) is 6.24. The van der Waals surface area contributed by atoms with Crippen LogP contribution < -0.4 is 9.64 Å². The van der Waals surface area contributed by atoms with Gasteiger partial charge in [-0.15, -0.1) is 0 Å². The van der Waals surface area contributed by atoms with E-state index >= 15 is 0 Å². The van der Waals surface area contributed by atoms with Crippen molar-refractivity contribution in [3.05, 3.63) is 65.0 Å². The molecule has 0 bridgehead atoms. The van der Waals surface area contributed by atoms with Gasteiger partial charge in [-0.2, -0.15) is 0 Å². The second-order valence-electron chi connectivity index (χ2n) is 8.43. The Balaban J connectivity index is 1.35. The van der Waals surface area contributed by atoms with Crippen LogP contribution in [0.25, 0.3) is 0 Å². The molecule has 0 unspecified atom stereocenters. The average Bonchev–Trinajstić information content (AvgIpc) is 2.89. The van der Waals surface area contributed by atoms with Crippen molar-refractivity contribution in [1.29, 1.82) is 0 Å². The van der Waals surface area contributed by atoms with Gasteiger partial charge >= 0.3 is 0 Å². The minimum atomic E-state index is 0.245. The summed E-state index contributed by atoms with van der Waals surface area (Å²) in [7, 11) is 2.15. The predicted molar refractivity (Wildman–Crippen MR) is 121 cm³/mol. The van der Waals surface area contributed by atoms with Crippen molar-refractivity contribution in [2.24, 2.45) is 10.9 Å². The first-order valence-corrected chi connectivity index (χ1v) is 11.1. The number of nitrogens with zero attached hydrogens (tertiary/aromatic N) is 4. The van der Waals surface area contributed by atoms with E-state index in [1.165, 1.54) is 16.9 Å². The summed E-state index contributed by atoms with van der Waals surface area (Å²) >= 11 is 6.32. The number of fused-ring (bicyclic) bond motifs is 3. The van der Waals surface area contributed by atoms with Crippen LogP contribution in [0.1, 0.15) is 31.2 Å². The number of hydrogen-bond donors (Lipinski definition) is 0. The molecule has 1 aliphatic carbocycles. The van der Waals surface area contributed by atoms with Gasteiger partial charge in [-0.05, 0) is 74.6 Å². The molecule has 156 valence electrons. The SMILES string of the molecule is CN1CC2=NCC=C(C3CCC(Oc4ccccn4)CC3)N2c2ccc(Cl)cc2C1. The minimum absolute atomic E-state index is 0.245. The van der Waals surface area contributed by atoms with E-state index in [4.69, 9.17) is 21.3 Å². The fraction of sp³-hybridized carbons (Fsp3) is 0.417. The van der Waals surface area contributed by atoms with Crippen molar-refractivity contribution >= 4 is 23.1 Å². The molecule has 0 amide bonds. The standard InChI is InChI=1S/C24H27ClN4O/c1-28-15-18-14-19(25)7-10-21(18)29-22(11-13-26-23(29)16-28)17-5-8-20(9-6-17)30-24-4-2-3-12-27-24/h2-4,7,10-12,14,17,20H,5-6,8-9,13,15-16H2,1H3. The Bertz CT molecular complexity index is 966. The number of rotatable bonds is 3. The van der Waals surface area contributed by atoms with Crippen LogP contribution in [0.3, 0.4) is 0 Å². The Morgan fingerprint density at radius 1 is 1.07 bits per heavy atom. The molecule has 0 atom stereocenters. The van der Waals surface area contributed by atoms with Gasteiger partial charge in [0.25, 0.3) is 0 Å². The van der Waals surface area contributed by atoms with Gasteiger partial charge in [-0.1, -0.05) is 17.7 Å². The average molecular weight is 423 g/mol. The lowest BCUT2D eigenvalue weighted by Crippen LogP contribution is -2.41. The summed E-state index contributed by atoms with van der Waals surface area (Å²) in [6.45, 7) is 2.49. The van der Waals surface area contributed by atoms with E-state index in [0.717, 1.165) is 62.1 Å². The van der Waals surface area contributed by atoms with Crippen LogP contribution >= 0.6 is 11.6 Å². The van der Waals surface area contributed by atoms with Crippen molar-refractivity contribution in [2.75, 3.05) is 25.0 Å².